The first kappa shape index (κ1) is 20.5. The number of hydrogen-bond acceptors (Lipinski definition) is 3. The van der Waals surface area contributed by atoms with E-state index < -0.39 is 0 Å². The van der Waals surface area contributed by atoms with Gasteiger partial charge in [0.1, 0.15) is 11.6 Å². The number of nitrogens with zero attached hydrogens (tertiary/aromatic N) is 3. The number of guanidine groups is 1. The lowest BCUT2D eigenvalue weighted by atomic mass is 9.86. The molecule has 2 rings (SSSR count). The van der Waals surface area contributed by atoms with E-state index >= 15 is 0 Å². The summed E-state index contributed by atoms with van der Waals surface area (Å²) in [5.74, 6) is 0.898. The second-order valence-corrected chi connectivity index (χ2v) is 7.45. The fraction of sp³-hybridized carbons (Fsp3) is 0.650. The lowest BCUT2D eigenvalue weighted by Gasteiger charge is -2.31. The van der Waals surface area contributed by atoms with Crippen molar-refractivity contribution in [3.05, 3.63) is 24.0 Å². The Hall–Kier alpha value is -1.82. The van der Waals surface area contributed by atoms with Crippen LogP contribution in [0.25, 0.3) is 0 Å². The second kappa shape index (κ2) is 9.76. The van der Waals surface area contributed by atoms with Crippen molar-refractivity contribution in [2.75, 3.05) is 39.0 Å². The van der Waals surface area contributed by atoms with Gasteiger partial charge in [-0.05, 0) is 51.9 Å². The van der Waals surface area contributed by atoms with Crippen molar-refractivity contribution in [1.29, 1.82) is 0 Å². The number of benzene rings is 1. The largest absolute Gasteiger partial charge is 0.506 e. The molecule has 0 radical (unpaired) electrons. The molecule has 0 aliphatic heterocycles. The monoisotopic (exact) mass is 364 g/mol. The Bertz CT molecular complexity index is 605. The molecule has 0 aromatic heterocycles. The van der Waals surface area contributed by atoms with Gasteiger partial charge >= 0.3 is 0 Å². The summed E-state index contributed by atoms with van der Waals surface area (Å²) in [5.41, 5.74) is 0.357. The molecule has 0 bridgehead atoms. The molecule has 146 valence electrons. The van der Waals surface area contributed by atoms with Crippen LogP contribution in [0.5, 0.6) is 5.75 Å². The van der Waals surface area contributed by atoms with Crippen LogP contribution >= 0.6 is 0 Å². The van der Waals surface area contributed by atoms with E-state index in [1.165, 1.54) is 37.5 Å². The molecule has 0 spiro atoms. The molecule has 6 heteroatoms. The molecule has 1 fully saturated rings. The summed E-state index contributed by atoms with van der Waals surface area (Å²) >= 11 is 0. The summed E-state index contributed by atoms with van der Waals surface area (Å²) in [7, 11) is 4.08. The van der Waals surface area contributed by atoms with Gasteiger partial charge in [0.15, 0.2) is 5.96 Å². The van der Waals surface area contributed by atoms with Crippen molar-refractivity contribution >= 4 is 11.6 Å². The topological polar surface area (TPSA) is 51.1 Å². The van der Waals surface area contributed by atoms with Gasteiger partial charge in [-0.25, -0.2) is 9.38 Å². The molecular formula is C20H33FN4O. The van der Waals surface area contributed by atoms with E-state index in [0.717, 1.165) is 26.1 Å². The first-order valence-electron chi connectivity index (χ1n) is 9.63. The lowest BCUT2D eigenvalue weighted by Crippen LogP contribution is -2.41. The maximum absolute atomic E-state index is 13.6. The van der Waals surface area contributed by atoms with E-state index in [4.69, 9.17) is 4.99 Å². The summed E-state index contributed by atoms with van der Waals surface area (Å²) in [4.78, 5) is 9.30. The molecule has 0 amide bonds. The number of phenols is 1. The number of nitrogens with one attached hydrogen (secondary N) is 1. The van der Waals surface area contributed by atoms with Crippen LogP contribution in [0.4, 0.5) is 10.1 Å². The van der Waals surface area contributed by atoms with Crippen LogP contribution < -0.4 is 5.32 Å². The average molecular weight is 365 g/mol. The fourth-order valence-electron chi connectivity index (χ4n) is 3.30. The van der Waals surface area contributed by atoms with E-state index in [9.17, 15) is 9.50 Å². The van der Waals surface area contributed by atoms with Crippen molar-refractivity contribution < 1.29 is 9.50 Å². The van der Waals surface area contributed by atoms with E-state index in [1.54, 1.807) is 0 Å². The summed E-state index contributed by atoms with van der Waals surface area (Å²) in [6.07, 6.45) is 4.72. The first-order valence-corrected chi connectivity index (χ1v) is 9.63. The van der Waals surface area contributed by atoms with E-state index in [0.29, 0.717) is 17.6 Å². The van der Waals surface area contributed by atoms with Crippen molar-refractivity contribution in [1.82, 2.24) is 9.80 Å². The van der Waals surface area contributed by atoms with Crippen LogP contribution in [0.3, 0.4) is 0 Å². The highest BCUT2D eigenvalue weighted by Gasteiger charge is 2.23. The quantitative estimate of drug-likeness (QED) is 0.458. The minimum absolute atomic E-state index is 0.0273. The van der Waals surface area contributed by atoms with Crippen molar-refractivity contribution in [2.24, 2.45) is 10.9 Å². The number of aromatic hydroxyl groups is 1. The van der Waals surface area contributed by atoms with Crippen molar-refractivity contribution in [2.45, 2.75) is 45.6 Å². The normalized spacial score (nSPS) is 21.1. The molecule has 2 unspecified atom stereocenters. The molecule has 2 N–H and O–H groups in total. The highest BCUT2D eigenvalue weighted by atomic mass is 19.1. The second-order valence-electron chi connectivity index (χ2n) is 7.45. The van der Waals surface area contributed by atoms with Crippen LogP contribution in [-0.2, 0) is 0 Å². The maximum Gasteiger partial charge on any atom is 0.198 e. The Kier molecular flexibility index (Phi) is 7.69. The van der Waals surface area contributed by atoms with Gasteiger partial charge in [-0.1, -0.05) is 19.8 Å². The Morgan fingerprint density at radius 2 is 2.00 bits per heavy atom. The van der Waals surface area contributed by atoms with Gasteiger partial charge in [0, 0.05) is 25.7 Å². The number of anilines is 1. The molecule has 1 aliphatic carbocycles. The van der Waals surface area contributed by atoms with Gasteiger partial charge in [0.25, 0.3) is 0 Å². The number of likely N-dealkylation sites (N-methyl/N-ethyl adjacent to an activating group) is 2. The Morgan fingerprint density at radius 3 is 2.65 bits per heavy atom. The molecule has 5 nitrogen and oxygen atoms in total. The van der Waals surface area contributed by atoms with Crippen LogP contribution in [0.15, 0.2) is 23.2 Å². The highest BCUT2D eigenvalue weighted by Crippen LogP contribution is 2.28. The number of halogens is 1. The summed E-state index contributed by atoms with van der Waals surface area (Å²) in [6, 6.07) is 4.20. The Labute approximate surface area is 156 Å². The minimum atomic E-state index is -0.382. The van der Waals surface area contributed by atoms with Crippen LogP contribution in [0.1, 0.15) is 39.5 Å². The molecule has 26 heavy (non-hydrogen) atoms. The molecule has 1 aromatic rings. The van der Waals surface area contributed by atoms with Gasteiger partial charge < -0.3 is 20.2 Å². The third-order valence-corrected chi connectivity index (χ3v) is 5.06. The third-order valence-electron chi connectivity index (χ3n) is 5.06. The number of phenolic OH excluding ortho intramolecular Hbond substituents is 1. The Balaban J connectivity index is 2.28. The molecule has 1 aliphatic rings. The highest BCUT2D eigenvalue weighted by molar-refractivity contribution is 5.95. The molecule has 0 heterocycles. The zero-order valence-corrected chi connectivity index (χ0v) is 16.5. The number of rotatable bonds is 6. The zero-order chi connectivity index (χ0) is 19.1. The van der Waals surface area contributed by atoms with Crippen LogP contribution in [0, 0.1) is 11.7 Å². The van der Waals surface area contributed by atoms with Gasteiger partial charge in [0.2, 0.25) is 0 Å². The van der Waals surface area contributed by atoms with E-state index in [2.05, 4.69) is 29.0 Å². The summed E-state index contributed by atoms with van der Waals surface area (Å²) < 4.78 is 13.6. The SMILES string of the molecule is CCN(CCN(C)C)C(=NC1CCCCC1C)Nc1cc(F)ccc1O. The van der Waals surface area contributed by atoms with Gasteiger partial charge in [-0.2, -0.15) is 0 Å². The zero-order valence-electron chi connectivity index (χ0n) is 16.5. The Morgan fingerprint density at radius 1 is 1.27 bits per heavy atom. The molecule has 1 aromatic carbocycles. The summed E-state index contributed by atoms with van der Waals surface area (Å²) in [6.45, 7) is 6.83. The van der Waals surface area contributed by atoms with Gasteiger partial charge in [-0.15, -0.1) is 0 Å². The smallest absolute Gasteiger partial charge is 0.198 e. The van der Waals surface area contributed by atoms with Crippen LogP contribution in [-0.4, -0.2) is 60.6 Å². The van der Waals surface area contributed by atoms with E-state index in [-0.39, 0.29) is 17.6 Å². The van der Waals surface area contributed by atoms with Crippen molar-refractivity contribution in [3.8, 4) is 5.75 Å². The van der Waals surface area contributed by atoms with E-state index in [1.807, 2.05) is 14.1 Å². The molecule has 0 saturated heterocycles. The van der Waals surface area contributed by atoms with Gasteiger partial charge in [-0.3, -0.25) is 0 Å². The summed E-state index contributed by atoms with van der Waals surface area (Å²) in [5, 5.41) is 13.3. The molecular weight excluding hydrogens is 331 g/mol. The lowest BCUT2D eigenvalue weighted by molar-refractivity contribution is 0.316. The standard InChI is InChI=1S/C20H33FN4O/c1-5-25(13-12-24(3)4)20(22-17-9-7-6-8-15(17)2)23-18-14-16(21)10-11-19(18)26/h10-11,14-15,17,26H,5-9,12-13H2,1-4H3,(H,22,23). The molecule has 1 saturated carbocycles. The predicted molar refractivity (Wildman–Crippen MR) is 106 cm³/mol. The third kappa shape index (κ3) is 5.87. The fourth-order valence-corrected chi connectivity index (χ4v) is 3.30. The number of aliphatic imine (C=N–C) groups is 1. The predicted octanol–water partition coefficient (Wildman–Crippen LogP) is 3.76. The molecule has 2 atom stereocenters. The maximum atomic E-state index is 13.6. The average Bonchev–Trinajstić information content (AvgIpc) is 2.60. The van der Waals surface area contributed by atoms with Gasteiger partial charge in [0.05, 0.1) is 11.7 Å². The first-order chi connectivity index (χ1) is 12.4. The minimum Gasteiger partial charge on any atom is -0.506 e. The van der Waals surface area contributed by atoms with Crippen molar-refractivity contribution in [3.63, 3.8) is 0 Å². The van der Waals surface area contributed by atoms with Crippen LogP contribution in [0.2, 0.25) is 0 Å². The number of hydrogen-bond donors (Lipinski definition) is 2.